The third kappa shape index (κ3) is 24.7. The van der Waals surface area contributed by atoms with Crippen molar-refractivity contribution in [2.24, 2.45) is 0 Å². The Hall–Kier alpha value is -1.34. The Morgan fingerprint density at radius 1 is 0.541 bits per heavy atom. The minimum absolute atomic E-state index is 0.119. The van der Waals surface area contributed by atoms with E-state index in [1.807, 2.05) is 25.7 Å². The van der Waals surface area contributed by atoms with Gasteiger partial charge in [0, 0.05) is 31.8 Å². The Morgan fingerprint density at radius 2 is 0.838 bits per heavy atom. The first-order valence-electron chi connectivity index (χ1n) is 13.6. The van der Waals surface area contributed by atoms with Gasteiger partial charge in [0.1, 0.15) is 0 Å². The van der Waals surface area contributed by atoms with Gasteiger partial charge in [-0.2, -0.15) is 0 Å². The molecule has 0 spiro atoms. The summed E-state index contributed by atoms with van der Waals surface area (Å²) in [5.74, 6) is -0.307. The molecule has 0 aliphatic carbocycles. The molecule has 2 amide bonds. The van der Waals surface area contributed by atoms with E-state index in [1.165, 1.54) is 0 Å². The third-order valence-corrected chi connectivity index (χ3v) is 4.94. The van der Waals surface area contributed by atoms with Crippen molar-refractivity contribution in [1.82, 2.24) is 15.5 Å². The minimum Gasteiger partial charge on any atom is -0.379 e. The molecule has 0 unspecified atom stereocenters. The lowest BCUT2D eigenvalue weighted by Gasteiger charge is -2.34. The quantitative estimate of drug-likeness (QED) is 0.158. The summed E-state index contributed by atoms with van der Waals surface area (Å²) in [4.78, 5) is 26.6. The molecule has 220 valence electrons. The summed E-state index contributed by atoms with van der Waals surface area (Å²) in [6.45, 7) is 17.6. The summed E-state index contributed by atoms with van der Waals surface area (Å²) in [7, 11) is 0. The lowest BCUT2D eigenvalue weighted by atomic mass is 10.1. The molecule has 0 aliphatic rings. The van der Waals surface area contributed by atoms with Crippen LogP contribution < -0.4 is 10.6 Å². The first-order chi connectivity index (χ1) is 17.8. The predicted molar refractivity (Wildman–Crippen MR) is 143 cm³/mol. The fraction of sp³-hybridized carbons (Fsp3) is 0.923. The molecule has 0 rings (SSSR count). The highest BCUT2D eigenvalue weighted by Gasteiger charge is 2.25. The molecule has 2 N–H and O–H groups in total. The van der Waals surface area contributed by atoms with Crippen LogP contribution in [-0.2, 0) is 38.0 Å². The second-order valence-corrected chi connectivity index (χ2v) is 9.40. The maximum absolute atomic E-state index is 12.4. The molecule has 11 heteroatoms. The van der Waals surface area contributed by atoms with E-state index in [0.717, 1.165) is 26.1 Å². The summed E-state index contributed by atoms with van der Waals surface area (Å²) in [6.07, 6.45) is 2.00. The molecule has 0 fully saturated rings. The van der Waals surface area contributed by atoms with E-state index in [9.17, 15) is 9.59 Å². The van der Waals surface area contributed by atoms with Gasteiger partial charge in [0.15, 0.2) is 0 Å². The molecular formula is C26H53N3O8. The van der Waals surface area contributed by atoms with E-state index in [-0.39, 0.29) is 30.4 Å². The van der Waals surface area contributed by atoms with E-state index in [0.29, 0.717) is 79.2 Å². The van der Waals surface area contributed by atoms with Gasteiger partial charge in [-0.25, -0.2) is 0 Å². The molecular weight excluding hydrogens is 482 g/mol. The summed E-state index contributed by atoms with van der Waals surface area (Å²) in [5, 5.41) is 5.67. The molecule has 0 atom stereocenters. The van der Waals surface area contributed by atoms with Gasteiger partial charge in [-0.15, -0.1) is 0 Å². The van der Waals surface area contributed by atoms with Crippen LogP contribution in [0, 0.1) is 0 Å². The molecule has 0 saturated carbocycles. The van der Waals surface area contributed by atoms with Crippen molar-refractivity contribution in [1.29, 1.82) is 0 Å². The average molecular weight is 536 g/mol. The zero-order chi connectivity index (χ0) is 27.6. The van der Waals surface area contributed by atoms with Crippen LogP contribution in [0.1, 0.15) is 47.5 Å². The van der Waals surface area contributed by atoms with Crippen LogP contribution in [0.15, 0.2) is 0 Å². The lowest BCUT2D eigenvalue weighted by molar-refractivity contribution is -0.127. The van der Waals surface area contributed by atoms with Gasteiger partial charge in [0.25, 0.3) is 0 Å². The topological polar surface area (TPSA) is 117 Å². The number of hydrogen-bond acceptors (Lipinski definition) is 9. The van der Waals surface area contributed by atoms with Gasteiger partial charge in [-0.1, -0.05) is 13.8 Å². The molecule has 0 aromatic rings. The fourth-order valence-electron chi connectivity index (χ4n) is 2.89. The van der Waals surface area contributed by atoms with Gasteiger partial charge in [0.2, 0.25) is 11.8 Å². The summed E-state index contributed by atoms with van der Waals surface area (Å²) < 4.78 is 32.4. The number of amides is 2. The number of hydrogen-bond donors (Lipinski definition) is 2. The Bertz CT molecular complexity index is 506. The number of carbonyl (C=O) groups excluding carboxylic acids is 2. The van der Waals surface area contributed by atoms with Crippen LogP contribution in [0.3, 0.4) is 0 Å². The van der Waals surface area contributed by atoms with Crippen LogP contribution in [0.4, 0.5) is 0 Å². The highest BCUT2D eigenvalue weighted by atomic mass is 16.5. The monoisotopic (exact) mass is 535 g/mol. The zero-order valence-electron chi connectivity index (χ0n) is 23.9. The number of nitrogens with one attached hydrogen (secondary N) is 2. The van der Waals surface area contributed by atoms with Gasteiger partial charge >= 0.3 is 0 Å². The number of ether oxygens (including phenoxy) is 6. The smallest absolute Gasteiger partial charge is 0.234 e. The van der Waals surface area contributed by atoms with Gasteiger partial charge in [0.05, 0.1) is 79.2 Å². The van der Waals surface area contributed by atoms with E-state index in [4.69, 9.17) is 28.4 Å². The number of nitrogens with zero attached hydrogens (tertiary/aromatic N) is 1. The average Bonchev–Trinajstić information content (AvgIpc) is 2.85. The molecule has 0 aromatic heterocycles. The van der Waals surface area contributed by atoms with Crippen LogP contribution >= 0.6 is 0 Å². The van der Waals surface area contributed by atoms with Crippen molar-refractivity contribution in [3.8, 4) is 0 Å². The fourth-order valence-corrected chi connectivity index (χ4v) is 2.89. The van der Waals surface area contributed by atoms with Gasteiger partial charge < -0.3 is 39.1 Å². The Kier molecular flexibility index (Phi) is 24.1. The van der Waals surface area contributed by atoms with Crippen LogP contribution in [0.2, 0.25) is 0 Å². The molecule has 0 bridgehead atoms. The van der Waals surface area contributed by atoms with E-state index in [2.05, 4.69) is 24.5 Å². The minimum atomic E-state index is -0.349. The summed E-state index contributed by atoms with van der Waals surface area (Å²) in [5.41, 5.74) is -0.349. The van der Waals surface area contributed by atoms with Crippen molar-refractivity contribution in [2.45, 2.75) is 53.0 Å². The number of carbonyl (C=O) groups is 2. The largest absolute Gasteiger partial charge is 0.379 e. The maximum atomic E-state index is 12.4. The molecule has 0 aromatic carbocycles. The van der Waals surface area contributed by atoms with E-state index >= 15 is 0 Å². The van der Waals surface area contributed by atoms with Gasteiger partial charge in [-0.3, -0.25) is 14.5 Å². The second kappa shape index (κ2) is 25.0. The first-order valence-corrected chi connectivity index (χ1v) is 13.6. The second-order valence-electron chi connectivity index (χ2n) is 9.40. The van der Waals surface area contributed by atoms with Gasteiger partial charge in [-0.05, 0) is 33.6 Å². The maximum Gasteiger partial charge on any atom is 0.234 e. The lowest BCUT2D eigenvalue weighted by Crippen LogP contribution is -2.51. The van der Waals surface area contributed by atoms with Crippen LogP contribution in [0.25, 0.3) is 0 Å². The SMILES string of the molecule is CCCOCCOCCOCCNC(=O)CN(CC(=O)NCCOCCOCCOCCC)C(C)(C)C. The van der Waals surface area contributed by atoms with E-state index < -0.39 is 0 Å². The molecule has 37 heavy (non-hydrogen) atoms. The predicted octanol–water partition coefficient (Wildman–Crippen LogP) is 1.24. The summed E-state index contributed by atoms with van der Waals surface area (Å²) in [6, 6.07) is 0. The summed E-state index contributed by atoms with van der Waals surface area (Å²) >= 11 is 0. The zero-order valence-corrected chi connectivity index (χ0v) is 23.9. The van der Waals surface area contributed by atoms with Crippen molar-refractivity contribution < 1.29 is 38.0 Å². The third-order valence-electron chi connectivity index (χ3n) is 4.94. The molecule has 11 nitrogen and oxygen atoms in total. The van der Waals surface area contributed by atoms with Crippen molar-refractivity contribution in [3.63, 3.8) is 0 Å². The normalized spacial score (nSPS) is 11.7. The molecule has 0 heterocycles. The Balaban J connectivity index is 3.87. The van der Waals surface area contributed by atoms with Crippen molar-refractivity contribution in [3.05, 3.63) is 0 Å². The van der Waals surface area contributed by atoms with Crippen LogP contribution in [0.5, 0.6) is 0 Å². The Labute approximate surface area is 224 Å². The van der Waals surface area contributed by atoms with Crippen molar-refractivity contribution >= 4 is 11.8 Å². The molecule has 0 saturated heterocycles. The first kappa shape index (κ1) is 35.7. The Morgan fingerprint density at radius 3 is 1.14 bits per heavy atom. The number of rotatable bonds is 26. The van der Waals surface area contributed by atoms with Crippen LogP contribution in [-0.4, -0.2) is 128 Å². The van der Waals surface area contributed by atoms with E-state index in [1.54, 1.807) is 0 Å². The standard InChI is InChI=1S/C26H53N3O8/c1-6-10-32-14-18-36-20-16-34-12-8-27-24(30)22-29(26(3,4)5)23-25(31)28-9-13-35-17-21-37-19-15-33-11-7-2/h6-23H2,1-5H3,(H,27,30)(H,28,31). The molecule has 0 aliphatic heterocycles. The highest BCUT2D eigenvalue weighted by molar-refractivity contribution is 5.81. The molecule has 0 radical (unpaired) electrons. The highest BCUT2D eigenvalue weighted by Crippen LogP contribution is 2.12. The van der Waals surface area contributed by atoms with Crippen molar-refractivity contribution in [2.75, 3.05) is 105 Å².